The Bertz CT molecular complexity index is 811. The number of ether oxygens (including phenoxy) is 1. The molecule has 5 heteroatoms. The third-order valence-electron chi connectivity index (χ3n) is 3.77. The third kappa shape index (κ3) is 2.69. The van der Waals surface area contributed by atoms with E-state index in [1.807, 2.05) is 24.3 Å². The van der Waals surface area contributed by atoms with Gasteiger partial charge in [-0.2, -0.15) is 0 Å². The van der Waals surface area contributed by atoms with Crippen LogP contribution in [0.25, 0.3) is 21.6 Å². The summed E-state index contributed by atoms with van der Waals surface area (Å²) >= 11 is 1.75. The van der Waals surface area contributed by atoms with Crippen LogP contribution in [0.15, 0.2) is 36.4 Å². The molecule has 1 aliphatic carbocycles. The molecule has 1 N–H and O–H groups in total. The van der Waals surface area contributed by atoms with Gasteiger partial charge in [-0.1, -0.05) is 12.1 Å². The fourth-order valence-corrected chi connectivity index (χ4v) is 3.36. The molecular weight excluding hydrogens is 294 g/mol. The lowest BCUT2D eigenvalue weighted by molar-refractivity contribution is 0.400. The molecule has 1 saturated carbocycles. The van der Waals surface area contributed by atoms with E-state index in [1.165, 1.54) is 17.7 Å². The van der Waals surface area contributed by atoms with E-state index in [9.17, 15) is 0 Å². The number of hydrogen-bond acceptors (Lipinski definition) is 5. The highest BCUT2D eigenvalue weighted by Crippen LogP contribution is 2.34. The van der Waals surface area contributed by atoms with Crippen molar-refractivity contribution < 1.29 is 4.74 Å². The van der Waals surface area contributed by atoms with Crippen molar-refractivity contribution in [3.8, 4) is 16.5 Å². The number of hydrogen-bond donors (Lipinski definition) is 1. The molecule has 0 unspecified atom stereocenters. The second-order valence-corrected chi connectivity index (χ2v) is 6.66. The van der Waals surface area contributed by atoms with Gasteiger partial charge in [-0.3, -0.25) is 0 Å². The van der Waals surface area contributed by atoms with Gasteiger partial charge in [0.1, 0.15) is 5.69 Å². The van der Waals surface area contributed by atoms with Crippen LogP contribution in [0.2, 0.25) is 0 Å². The number of nitrogens with zero attached hydrogens (tertiary/aromatic N) is 2. The lowest BCUT2D eigenvalue weighted by Crippen LogP contribution is -2.14. The predicted octanol–water partition coefficient (Wildman–Crippen LogP) is 3.62. The van der Waals surface area contributed by atoms with Gasteiger partial charge in [0.25, 0.3) is 0 Å². The molecule has 2 aromatic heterocycles. The van der Waals surface area contributed by atoms with Crippen LogP contribution < -0.4 is 10.1 Å². The lowest BCUT2D eigenvalue weighted by atomic mass is 10.2. The van der Waals surface area contributed by atoms with E-state index in [2.05, 4.69) is 22.4 Å². The molecule has 1 fully saturated rings. The highest BCUT2D eigenvalue weighted by molar-refractivity contribution is 7.15. The van der Waals surface area contributed by atoms with E-state index in [1.54, 1.807) is 18.4 Å². The Morgan fingerprint density at radius 1 is 1.14 bits per heavy atom. The van der Waals surface area contributed by atoms with Crippen molar-refractivity contribution in [2.75, 3.05) is 7.11 Å². The van der Waals surface area contributed by atoms with Crippen molar-refractivity contribution in [2.45, 2.75) is 25.4 Å². The maximum absolute atomic E-state index is 5.44. The zero-order valence-electron chi connectivity index (χ0n) is 12.4. The third-order valence-corrected chi connectivity index (χ3v) is 4.86. The van der Waals surface area contributed by atoms with Gasteiger partial charge >= 0.3 is 0 Å². The number of para-hydroxylation sites is 2. The van der Waals surface area contributed by atoms with Crippen LogP contribution in [0.4, 0.5) is 0 Å². The van der Waals surface area contributed by atoms with E-state index in [4.69, 9.17) is 9.72 Å². The standard InChI is InChI=1S/C17H17N3OS/c1-21-17-16(19-13-4-2-3-5-14(13)20-17)15-9-8-12(22-15)10-18-11-6-7-11/h2-5,8-9,11,18H,6-7,10H2,1H3. The fraction of sp³-hybridized carbons (Fsp3) is 0.294. The van der Waals surface area contributed by atoms with Gasteiger partial charge in [0.2, 0.25) is 5.88 Å². The quantitative estimate of drug-likeness (QED) is 0.782. The van der Waals surface area contributed by atoms with Crippen LogP contribution in [0.5, 0.6) is 5.88 Å². The summed E-state index contributed by atoms with van der Waals surface area (Å²) in [6.45, 7) is 0.929. The first-order chi connectivity index (χ1) is 10.8. The number of rotatable bonds is 5. The molecule has 4 nitrogen and oxygen atoms in total. The molecule has 0 aliphatic heterocycles. The first-order valence-corrected chi connectivity index (χ1v) is 8.28. The number of fused-ring (bicyclic) bond motifs is 1. The van der Waals surface area contributed by atoms with Gasteiger partial charge in [0.05, 0.1) is 23.0 Å². The number of thiophene rings is 1. The molecule has 0 amide bonds. The van der Waals surface area contributed by atoms with Gasteiger partial charge < -0.3 is 10.1 Å². The molecule has 22 heavy (non-hydrogen) atoms. The molecule has 0 atom stereocenters. The van der Waals surface area contributed by atoms with Crippen molar-refractivity contribution in [2.24, 2.45) is 0 Å². The van der Waals surface area contributed by atoms with Crippen LogP contribution in [0.3, 0.4) is 0 Å². The summed E-state index contributed by atoms with van der Waals surface area (Å²) in [6.07, 6.45) is 2.62. The molecule has 0 radical (unpaired) electrons. The Kier molecular flexibility index (Phi) is 3.52. The summed E-state index contributed by atoms with van der Waals surface area (Å²) in [5.74, 6) is 0.585. The maximum atomic E-state index is 5.44. The van der Waals surface area contributed by atoms with E-state index in [0.29, 0.717) is 5.88 Å². The van der Waals surface area contributed by atoms with Gasteiger partial charge in [0.15, 0.2) is 0 Å². The molecule has 0 saturated heterocycles. The van der Waals surface area contributed by atoms with Crippen LogP contribution >= 0.6 is 11.3 Å². The van der Waals surface area contributed by atoms with Crippen LogP contribution in [0, 0.1) is 0 Å². The summed E-state index contributed by atoms with van der Waals surface area (Å²) in [5, 5.41) is 3.54. The molecule has 2 heterocycles. The van der Waals surface area contributed by atoms with Gasteiger partial charge in [-0.25, -0.2) is 9.97 Å². The minimum Gasteiger partial charge on any atom is -0.479 e. The fourth-order valence-electron chi connectivity index (χ4n) is 2.42. The molecule has 0 bridgehead atoms. The molecule has 0 spiro atoms. The van der Waals surface area contributed by atoms with Crippen molar-refractivity contribution in [1.82, 2.24) is 15.3 Å². The van der Waals surface area contributed by atoms with Gasteiger partial charge in [-0.05, 0) is 37.1 Å². The molecule has 1 aliphatic rings. The number of benzene rings is 1. The van der Waals surface area contributed by atoms with Crippen molar-refractivity contribution in [1.29, 1.82) is 0 Å². The second-order valence-electron chi connectivity index (χ2n) is 5.49. The van der Waals surface area contributed by atoms with E-state index < -0.39 is 0 Å². The van der Waals surface area contributed by atoms with Crippen LogP contribution in [-0.4, -0.2) is 23.1 Å². The highest BCUT2D eigenvalue weighted by atomic mass is 32.1. The average Bonchev–Trinajstić information content (AvgIpc) is 3.28. The maximum Gasteiger partial charge on any atom is 0.241 e. The summed E-state index contributed by atoms with van der Waals surface area (Å²) in [4.78, 5) is 11.7. The smallest absolute Gasteiger partial charge is 0.241 e. The first kappa shape index (κ1) is 13.7. The zero-order valence-corrected chi connectivity index (χ0v) is 13.2. The normalized spacial score (nSPS) is 14.4. The molecular formula is C17H17N3OS. The number of methoxy groups -OCH3 is 1. The lowest BCUT2D eigenvalue weighted by Gasteiger charge is -2.06. The number of nitrogens with one attached hydrogen (secondary N) is 1. The number of aromatic nitrogens is 2. The minimum absolute atomic E-state index is 0.585. The Balaban J connectivity index is 1.69. The summed E-state index contributed by atoms with van der Waals surface area (Å²) in [5.41, 5.74) is 2.57. The van der Waals surface area contributed by atoms with Crippen LogP contribution in [-0.2, 0) is 6.54 Å². The molecule has 4 rings (SSSR count). The SMILES string of the molecule is COc1nc2ccccc2nc1-c1ccc(CNC2CC2)s1. The topological polar surface area (TPSA) is 47.0 Å². The summed E-state index contributed by atoms with van der Waals surface area (Å²) in [6, 6.07) is 12.9. The molecule has 1 aromatic carbocycles. The van der Waals surface area contributed by atoms with E-state index in [-0.39, 0.29) is 0 Å². The van der Waals surface area contributed by atoms with Crippen molar-refractivity contribution in [3.63, 3.8) is 0 Å². The van der Waals surface area contributed by atoms with Gasteiger partial charge in [0, 0.05) is 17.5 Å². The Hall–Kier alpha value is -1.98. The highest BCUT2D eigenvalue weighted by Gasteiger charge is 2.20. The second kappa shape index (κ2) is 5.66. The monoisotopic (exact) mass is 311 g/mol. The first-order valence-electron chi connectivity index (χ1n) is 7.47. The van der Waals surface area contributed by atoms with E-state index >= 15 is 0 Å². The van der Waals surface area contributed by atoms with Crippen molar-refractivity contribution in [3.05, 3.63) is 41.3 Å². The van der Waals surface area contributed by atoms with Crippen molar-refractivity contribution >= 4 is 22.4 Å². The Morgan fingerprint density at radius 2 is 1.91 bits per heavy atom. The van der Waals surface area contributed by atoms with Crippen LogP contribution in [0.1, 0.15) is 17.7 Å². The minimum atomic E-state index is 0.585. The summed E-state index contributed by atoms with van der Waals surface area (Å²) < 4.78 is 5.44. The largest absolute Gasteiger partial charge is 0.479 e. The zero-order chi connectivity index (χ0) is 14.9. The predicted molar refractivity (Wildman–Crippen MR) is 89.3 cm³/mol. The Labute approximate surface area is 133 Å². The van der Waals surface area contributed by atoms with E-state index in [0.717, 1.165) is 34.2 Å². The van der Waals surface area contributed by atoms with Gasteiger partial charge in [-0.15, -0.1) is 11.3 Å². The average molecular weight is 311 g/mol. The summed E-state index contributed by atoms with van der Waals surface area (Å²) in [7, 11) is 1.64. The Morgan fingerprint density at radius 3 is 2.64 bits per heavy atom. The molecule has 112 valence electrons. The molecule has 3 aromatic rings.